The van der Waals surface area contributed by atoms with Crippen molar-refractivity contribution in [2.75, 3.05) is 32.8 Å². The summed E-state index contributed by atoms with van der Waals surface area (Å²) in [5.74, 6) is 1.85. The molecule has 1 aromatic rings. The number of benzene rings is 1. The molecule has 2 fully saturated rings. The maximum absolute atomic E-state index is 5.95. The number of nitrogens with one attached hydrogen (secondary N) is 1. The van der Waals surface area contributed by atoms with Gasteiger partial charge in [-0.05, 0) is 69.4 Å². The van der Waals surface area contributed by atoms with Crippen molar-refractivity contribution < 1.29 is 4.74 Å². The van der Waals surface area contributed by atoms with Gasteiger partial charge in [0.2, 0.25) is 0 Å². The van der Waals surface area contributed by atoms with Gasteiger partial charge >= 0.3 is 0 Å². The predicted octanol–water partition coefficient (Wildman–Crippen LogP) is 3.18. The molecular formula is C17H25ClN2O. The van der Waals surface area contributed by atoms with E-state index in [4.69, 9.17) is 16.3 Å². The Balaban J connectivity index is 1.30. The van der Waals surface area contributed by atoms with Crippen LogP contribution in [0.25, 0.3) is 0 Å². The minimum Gasteiger partial charge on any atom is -0.492 e. The minimum absolute atomic E-state index is 0.732. The van der Waals surface area contributed by atoms with E-state index in [0.29, 0.717) is 0 Å². The lowest BCUT2D eigenvalue weighted by Gasteiger charge is -2.32. The summed E-state index contributed by atoms with van der Waals surface area (Å²) < 4.78 is 5.76. The Hall–Kier alpha value is -0.770. The number of likely N-dealkylation sites (tertiary alicyclic amines) is 1. The Bertz CT molecular complexity index is 442. The second-order valence-corrected chi connectivity index (χ2v) is 6.71. The number of nitrogens with zero attached hydrogens (tertiary/aromatic N) is 1. The monoisotopic (exact) mass is 308 g/mol. The maximum Gasteiger partial charge on any atom is 0.120 e. The normalized spacial score (nSPS) is 20.6. The topological polar surface area (TPSA) is 24.5 Å². The van der Waals surface area contributed by atoms with E-state index >= 15 is 0 Å². The zero-order valence-corrected chi connectivity index (χ0v) is 13.3. The maximum atomic E-state index is 5.95. The van der Waals surface area contributed by atoms with Crippen molar-refractivity contribution in [1.82, 2.24) is 10.2 Å². The van der Waals surface area contributed by atoms with Crippen molar-refractivity contribution in [3.63, 3.8) is 0 Å². The van der Waals surface area contributed by atoms with E-state index in [1.807, 2.05) is 24.3 Å². The van der Waals surface area contributed by atoms with E-state index in [2.05, 4.69) is 10.2 Å². The number of hydrogen-bond acceptors (Lipinski definition) is 3. The second-order valence-electron chi connectivity index (χ2n) is 6.27. The molecule has 4 heteroatoms. The van der Waals surface area contributed by atoms with Gasteiger partial charge < -0.3 is 10.1 Å². The second kappa shape index (κ2) is 7.48. The lowest BCUT2D eigenvalue weighted by Crippen LogP contribution is -2.44. The van der Waals surface area contributed by atoms with Crippen molar-refractivity contribution in [3.05, 3.63) is 29.3 Å². The van der Waals surface area contributed by atoms with Crippen LogP contribution in [0.5, 0.6) is 5.75 Å². The highest BCUT2D eigenvalue weighted by atomic mass is 35.5. The molecule has 0 bridgehead atoms. The first kappa shape index (κ1) is 15.1. The molecule has 1 saturated heterocycles. The van der Waals surface area contributed by atoms with E-state index in [9.17, 15) is 0 Å². The summed E-state index contributed by atoms with van der Waals surface area (Å²) in [4.78, 5) is 2.50. The molecule has 1 heterocycles. The van der Waals surface area contributed by atoms with Crippen molar-refractivity contribution >= 4 is 11.6 Å². The van der Waals surface area contributed by atoms with Gasteiger partial charge in [0.1, 0.15) is 12.4 Å². The summed E-state index contributed by atoms with van der Waals surface area (Å²) in [5.41, 5.74) is 0. The van der Waals surface area contributed by atoms with Gasteiger partial charge in [0, 0.05) is 17.6 Å². The van der Waals surface area contributed by atoms with Crippen LogP contribution in [-0.4, -0.2) is 43.7 Å². The van der Waals surface area contributed by atoms with Crippen molar-refractivity contribution in [2.24, 2.45) is 5.92 Å². The molecule has 1 aromatic carbocycles. The Kier molecular flexibility index (Phi) is 5.39. The summed E-state index contributed by atoms with van der Waals surface area (Å²) >= 11 is 5.95. The first-order valence-corrected chi connectivity index (χ1v) is 8.51. The fourth-order valence-corrected chi connectivity index (χ4v) is 3.05. The molecule has 1 saturated carbocycles. The lowest BCUT2D eigenvalue weighted by atomic mass is 10.0. The summed E-state index contributed by atoms with van der Waals surface area (Å²) in [6.07, 6.45) is 5.41. The first-order chi connectivity index (χ1) is 10.3. The number of piperidine rings is 1. The molecule has 1 N–H and O–H groups in total. The van der Waals surface area contributed by atoms with Crippen LogP contribution in [0.3, 0.4) is 0 Å². The minimum atomic E-state index is 0.732. The molecule has 2 aliphatic rings. The molecule has 21 heavy (non-hydrogen) atoms. The smallest absolute Gasteiger partial charge is 0.120 e. The molecule has 116 valence electrons. The SMILES string of the molecule is Clc1cccc(OCCN2CCC(NCC3CC3)CC2)c1. The van der Waals surface area contributed by atoms with Gasteiger partial charge in [-0.25, -0.2) is 0 Å². The first-order valence-electron chi connectivity index (χ1n) is 8.14. The fraction of sp³-hybridized carbons (Fsp3) is 0.647. The van der Waals surface area contributed by atoms with E-state index in [1.54, 1.807) is 0 Å². The molecule has 0 amide bonds. The summed E-state index contributed by atoms with van der Waals surface area (Å²) in [5, 5.41) is 4.45. The van der Waals surface area contributed by atoms with Gasteiger partial charge in [-0.15, -0.1) is 0 Å². The Morgan fingerprint density at radius 2 is 2.00 bits per heavy atom. The zero-order chi connectivity index (χ0) is 14.5. The number of ether oxygens (including phenoxy) is 1. The standard InChI is InChI=1S/C17H25ClN2O/c18-15-2-1-3-17(12-15)21-11-10-20-8-6-16(7-9-20)19-13-14-4-5-14/h1-3,12,14,16,19H,4-11,13H2. The summed E-state index contributed by atoms with van der Waals surface area (Å²) in [6.45, 7) is 5.34. The summed E-state index contributed by atoms with van der Waals surface area (Å²) in [6, 6.07) is 8.36. The van der Waals surface area contributed by atoms with Crippen LogP contribution >= 0.6 is 11.6 Å². The van der Waals surface area contributed by atoms with Gasteiger partial charge in [0.05, 0.1) is 0 Å². The van der Waals surface area contributed by atoms with Crippen LogP contribution in [0.1, 0.15) is 25.7 Å². The molecule has 0 radical (unpaired) electrons. The lowest BCUT2D eigenvalue weighted by molar-refractivity contribution is 0.164. The third-order valence-electron chi connectivity index (χ3n) is 4.45. The average molecular weight is 309 g/mol. The Morgan fingerprint density at radius 1 is 1.19 bits per heavy atom. The highest BCUT2D eigenvalue weighted by Gasteiger charge is 2.24. The molecule has 3 rings (SSSR count). The van der Waals surface area contributed by atoms with Crippen LogP contribution in [-0.2, 0) is 0 Å². The molecule has 0 unspecified atom stereocenters. The van der Waals surface area contributed by atoms with E-state index in [-0.39, 0.29) is 0 Å². The molecule has 0 aromatic heterocycles. The van der Waals surface area contributed by atoms with Gasteiger partial charge in [-0.3, -0.25) is 4.90 Å². The molecule has 0 atom stereocenters. The molecule has 3 nitrogen and oxygen atoms in total. The Morgan fingerprint density at radius 3 is 2.71 bits per heavy atom. The number of halogens is 1. The number of rotatable bonds is 7. The summed E-state index contributed by atoms with van der Waals surface area (Å²) in [7, 11) is 0. The van der Waals surface area contributed by atoms with Crippen molar-refractivity contribution in [3.8, 4) is 5.75 Å². The van der Waals surface area contributed by atoms with Crippen molar-refractivity contribution in [2.45, 2.75) is 31.7 Å². The fourth-order valence-electron chi connectivity index (χ4n) is 2.87. The van der Waals surface area contributed by atoms with E-state index in [0.717, 1.165) is 35.9 Å². The quantitative estimate of drug-likeness (QED) is 0.837. The van der Waals surface area contributed by atoms with Crippen LogP contribution < -0.4 is 10.1 Å². The zero-order valence-electron chi connectivity index (χ0n) is 12.6. The van der Waals surface area contributed by atoms with E-state index < -0.39 is 0 Å². The Labute approximate surface area is 132 Å². The van der Waals surface area contributed by atoms with Gasteiger partial charge in [0.25, 0.3) is 0 Å². The molecule has 0 spiro atoms. The van der Waals surface area contributed by atoms with Crippen LogP contribution in [0.2, 0.25) is 5.02 Å². The van der Waals surface area contributed by atoms with Gasteiger partial charge in [-0.2, -0.15) is 0 Å². The van der Waals surface area contributed by atoms with E-state index in [1.165, 1.54) is 45.3 Å². The molecule has 1 aliphatic heterocycles. The predicted molar refractivity (Wildman–Crippen MR) is 87.1 cm³/mol. The third-order valence-corrected chi connectivity index (χ3v) is 4.69. The number of hydrogen-bond donors (Lipinski definition) is 1. The third kappa shape index (κ3) is 5.17. The average Bonchev–Trinajstić information content (AvgIpc) is 3.31. The van der Waals surface area contributed by atoms with Crippen molar-refractivity contribution in [1.29, 1.82) is 0 Å². The molecular weight excluding hydrogens is 284 g/mol. The van der Waals surface area contributed by atoms with Gasteiger partial charge in [0.15, 0.2) is 0 Å². The van der Waals surface area contributed by atoms with Crippen LogP contribution in [0.15, 0.2) is 24.3 Å². The molecule has 1 aliphatic carbocycles. The highest BCUT2D eigenvalue weighted by Crippen LogP contribution is 2.28. The van der Waals surface area contributed by atoms with Crippen LogP contribution in [0.4, 0.5) is 0 Å². The largest absolute Gasteiger partial charge is 0.492 e. The van der Waals surface area contributed by atoms with Gasteiger partial charge in [-0.1, -0.05) is 17.7 Å². The highest BCUT2D eigenvalue weighted by molar-refractivity contribution is 6.30. The van der Waals surface area contributed by atoms with Crippen LogP contribution in [0, 0.1) is 5.92 Å².